The maximum absolute atomic E-state index is 11.0. The molecule has 2 nitrogen and oxygen atoms in total. The Morgan fingerprint density at radius 2 is 2.21 bits per heavy atom. The van der Waals surface area contributed by atoms with E-state index in [9.17, 15) is 4.79 Å². The van der Waals surface area contributed by atoms with E-state index in [1.165, 1.54) is 6.08 Å². The van der Waals surface area contributed by atoms with E-state index in [0.717, 1.165) is 18.4 Å². The molecule has 0 aromatic heterocycles. The summed E-state index contributed by atoms with van der Waals surface area (Å²) in [6, 6.07) is 7.56. The number of rotatable bonds is 4. The maximum atomic E-state index is 11.0. The van der Waals surface area contributed by atoms with Crippen LogP contribution in [0.3, 0.4) is 0 Å². The topological polar surface area (TPSA) is 26.3 Å². The zero-order valence-electron chi connectivity index (χ0n) is 8.32. The number of hydrogen-bond acceptors (Lipinski definition) is 2. The molecule has 0 bridgehead atoms. The molecule has 0 heterocycles. The summed E-state index contributed by atoms with van der Waals surface area (Å²) in [6.45, 7) is 5.45. The molecule has 74 valence electrons. The second-order valence-electron chi connectivity index (χ2n) is 2.98. The maximum Gasteiger partial charge on any atom is 0.335 e. The molecule has 0 unspecified atom stereocenters. The minimum absolute atomic E-state index is 0.409. The first-order chi connectivity index (χ1) is 6.77. The van der Waals surface area contributed by atoms with E-state index in [-0.39, 0.29) is 0 Å². The van der Waals surface area contributed by atoms with Crippen LogP contribution >= 0.6 is 0 Å². The number of aryl methyl sites for hydroxylation is 1. The summed E-state index contributed by atoms with van der Waals surface area (Å²) in [5.74, 6) is 0.229. The van der Waals surface area contributed by atoms with Gasteiger partial charge in [-0.05, 0) is 18.1 Å². The number of carbonyl (C=O) groups excluding carboxylic acids is 1. The van der Waals surface area contributed by atoms with Gasteiger partial charge in [-0.25, -0.2) is 4.79 Å². The molecule has 14 heavy (non-hydrogen) atoms. The lowest BCUT2D eigenvalue weighted by molar-refractivity contribution is -0.129. The van der Waals surface area contributed by atoms with Gasteiger partial charge in [0.1, 0.15) is 5.75 Å². The number of esters is 1. The fraction of sp³-hybridized carbons (Fsp3) is 0.250. The lowest BCUT2D eigenvalue weighted by Gasteiger charge is -2.06. The van der Waals surface area contributed by atoms with E-state index in [1.807, 2.05) is 18.2 Å². The highest BCUT2D eigenvalue weighted by Crippen LogP contribution is 2.19. The van der Waals surface area contributed by atoms with Gasteiger partial charge in [-0.3, -0.25) is 0 Å². The van der Waals surface area contributed by atoms with Crippen LogP contribution in [0.2, 0.25) is 0 Å². The average molecular weight is 190 g/mol. The summed E-state index contributed by atoms with van der Waals surface area (Å²) in [6.07, 6.45) is 3.12. The van der Waals surface area contributed by atoms with Crippen LogP contribution in [0.4, 0.5) is 0 Å². The van der Waals surface area contributed by atoms with Crippen molar-refractivity contribution < 1.29 is 9.53 Å². The fourth-order valence-electron chi connectivity index (χ4n) is 1.23. The molecule has 1 aromatic carbocycles. The first-order valence-corrected chi connectivity index (χ1v) is 4.70. The van der Waals surface area contributed by atoms with Crippen molar-refractivity contribution in [3.8, 4) is 5.75 Å². The number of carbonyl (C=O) groups is 1. The first kappa shape index (κ1) is 10.5. The smallest absolute Gasteiger partial charge is 0.335 e. The summed E-state index contributed by atoms with van der Waals surface area (Å²) >= 11 is 0. The molecule has 2 heteroatoms. The van der Waals surface area contributed by atoms with Gasteiger partial charge in [0.05, 0.1) is 0 Å². The molecule has 0 aliphatic rings. The van der Waals surface area contributed by atoms with Crippen LogP contribution in [0.1, 0.15) is 18.9 Å². The fourth-order valence-corrected chi connectivity index (χ4v) is 1.23. The van der Waals surface area contributed by atoms with Gasteiger partial charge in [0.25, 0.3) is 0 Å². The van der Waals surface area contributed by atoms with E-state index in [1.54, 1.807) is 6.07 Å². The second-order valence-corrected chi connectivity index (χ2v) is 2.98. The Kier molecular flexibility index (Phi) is 3.92. The Hall–Kier alpha value is -1.57. The highest BCUT2D eigenvalue weighted by molar-refractivity contribution is 5.83. The van der Waals surface area contributed by atoms with Crippen LogP contribution in [0, 0.1) is 0 Å². The van der Waals surface area contributed by atoms with Crippen molar-refractivity contribution in [1.29, 1.82) is 0 Å². The zero-order chi connectivity index (χ0) is 10.4. The van der Waals surface area contributed by atoms with Gasteiger partial charge >= 0.3 is 5.97 Å². The van der Waals surface area contributed by atoms with Crippen LogP contribution in [-0.2, 0) is 11.2 Å². The van der Waals surface area contributed by atoms with E-state index < -0.39 is 5.97 Å². The second kappa shape index (κ2) is 5.22. The quantitative estimate of drug-likeness (QED) is 0.414. The van der Waals surface area contributed by atoms with Gasteiger partial charge in [0.2, 0.25) is 0 Å². The molecule has 0 atom stereocenters. The molecule has 0 radical (unpaired) electrons. The predicted octanol–water partition coefficient (Wildman–Crippen LogP) is 2.73. The Bertz CT molecular complexity index is 329. The minimum Gasteiger partial charge on any atom is -0.423 e. The minimum atomic E-state index is -0.409. The van der Waals surface area contributed by atoms with E-state index >= 15 is 0 Å². The Morgan fingerprint density at radius 1 is 1.50 bits per heavy atom. The first-order valence-electron chi connectivity index (χ1n) is 4.70. The molecule has 0 N–H and O–H groups in total. The molecule has 0 aliphatic heterocycles. The Labute approximate surface area is 84.2 Å². The lowest BCUT2D eigenvalue weighted by atomic mass is 10.1. The van der Waals surface area contributed by atoms with Crippen molar-refractivity contribution in [1.82, 2.24) is 0 Å². The molecule has 1 rings (SSSR count). The number of para-hydroxylation sites is 1. The summed E-state index contributed by atoms with van der Waals surface area (Å²) in [5.41, 5.74) is 1.06. The van der Waals surface area contributed by atoms with Crippen molar-refractivity contribution in [2.45, 2.75) is 19.8 Å². The van der Waals surface area contributed by atoms with E-state index in [2.05, 4.69) is 13.5 Å². The van der Waals surface area contributed by atoms with Crippen molar-refractivity contribution in [3.05, 3.63) is 42.5 Å². The predicted molar refractivity (Wildman–Crippen MR) is 56.3 cm³/mol. The van der Waals surface area contributed by atoms with E-state index in [0.29, 0.717) is 5.75 Å². The molecular weight excluding hydrogens is 176 g/mol. The number of hydrogen-bond donors (Lipinski definition) is 0. The van der Waals surface area contributed by atoms with Gasteiger partial charge in [-0.1, -0.05) is 38.1 Å². The van der Waals surface area contributed by atoms with E-state index in [4.69, 9.17) is 4.74 Å². The van der Waals surface area contributed by atoms with Crippen molar-refractivity contribution in [2.75, 3.05) is 0 Å². The molecule has 0 spiro atoms. The van der Waals surface area contributed by atoms with Crippen molar-refractivity contribution >= 4 is 5.97 Å². The summed E-state index contributed by atoms with van der Waals surface area (Å²) < 4.78 is 5.09. The summed E-state index contributed by atoms with van der Waals surface area (Å²) in [7, 11) is 0. The molecule has 1 aromatic rings. The molecule has 0 amide bonds. The third-order valence-electron chi connectivity index (χ3n) is 1.87. The van der Waals surface area contributed by atoms with Gasteiger partial charge in [-0.2, -0.15) is 0 Å². The highest BCUT2D eigenvalue weighted by Gasteiger charge is 2.04. The van der Waals surface area contributed by atoms with Crippen LogP contribution in [0.15, 0.2) is 36.9 Å². The van der Waals surface area contributed by atoms with Gasteiger partial charge < -0.3 is 4.74 Å². The van der Waals surface area contributed by atoms with Crippen molar-refractivity contribution in [2.24, 2.45) is 0 Å². The highest BCUT2D eigenvalue weighted by atomic mass is 16.5. The number of ether oxygens (including phenoxy) is 1. The zero-order valence-corrected chi connectivity index (χ0v) is 8.32. The third kappa shape index (κ3) is 2.73. The van der Waals surface area contributed by atoms with Crippen LogP contribution < -0.4 is 4.74 Å². The van der Waals surface area contributed by atoms with Crippen LogP contribution in [0.25, 0.3) is 0 Å². The molecule has 0 aliphatic carbocycles. The molecule has 0 fully saturated rings. The van der Waals surface area contributed by atoms with Gasteiger partial charge in [-0.15, -0.1) is 0 Å². The molecular formula is C12H14O2. The lowest BCUT2D eigenvalue weighted by Crippen LogP contribution is -2.05. The third-order valence-corrected chi connectivity index (χ3v) is 1.87. The van der Waals surface area contributed by atoms with Gasteiger partial charge in [0.15, 0.2) is 0 Å². The molecule has 0 saturated heterocycles. The number of benzene rings is 1. The SMILES string of the molecule is C=CC(=O)Oc1ccccc1CCC. The van der Waals surface area contributed by atoms with Gasteiger partial charge in [0, 0.05) is 6.08 Å². The van der Waals surface area contributed by atoms with Crippen LogP contribution in [0.5, 0.6) is 5.75 Å². The Balaban J connectivity index is 2.83. The molecule has 0 saturated carbocycles. The monoisotopic (exact) mass is 190 g/mol. The summed E-state index contributed by atoms with van der Waals surface area (Å²) in [5, 5.41) is 0. The van der Waals surface area contributed by atoms with Crippen LogP contribution in [-0.4, -0.2) is 5.97 Å². The standard InChI is InChI=1S/C12H14O2/c1-3-7-10-8-5-6-9-11(10)14-12(13)4-2/h4-6,8-9H,2-3,7H2,1H3. The largest absolute Gasteiger partial charge is 0.423 e. The average Bonchev–Trinajstić information content (AvgIpc) is 2.21. The summed E-state index contributed by atoms with van der Waals surface area (Å²) in [4.78, 5) is 11.0. The van der Waals surface area contributed by atoms with Crippen molar-refractivity contribution in [3.63, 3.8) is 0 Å². The normalized spacial score (nSPS) is 9.50. The Morgan fingerprint density at radius 3 is 2.86 bits per heavy atom.